The number of ether oxygens (including phenoxy) is 2. The Morgan fingerprint density at radius 1 is 0.963 bits per heavy atom. The number of nitrogens with one attached hydrogen (secondary N) is 2. The molecule has 1 aromatic heterocycles. The number of hydrogen-bond acceptors (Lipinski definition) is 4. The molecule has 0 saturated heterocycles. The lowest BCUT2D eigenvalue weighted by atomic mass is 10.2. The Balaban J connectivity index is 1.27. The number of para-hydroxylation sites is 1. The molecule has 7 heteroatoms. The van der Waals surface area contributed by atoms with Crippen molar-refractivity contribution < 1.29 is 14.3 Å². The van der Waals surface area contributed by atoms with Crippen LogP contribution in [0.25, 0.3) is 5.69 Å². The predicted molar refractivity (Wildman–Crippen MR) is 100 cm³/mol. The zero-order chi connectivity index (χ0) is 18.5. The minimum absolute atomic E-state index is 0.239. The highest BCUT2D eigenvalue weighted by atomic mass is 16.6. The summed E-state index contributed by atoms with van der Waals surface area (Å²) < 4.78 is 12.8. The molecule has 3 aromatic rings. The summed E-state index contributed by atoms with van der Waals surface area (Å²) in [5.41, 5.74) is 2.85. The number of aromatic nitrogens is 2. The van der Waals surface area contributed by atoms with Crippen LogP contribution >= 0.6 is 0 Å². The van der Waals surface area contributed by atoms with Crippen molar-refractivity contribution in [3.63, 3.8) is 0 Å². The number of urea groups is 1. The standard InChI is InChI=1S/C20H20N4O3/c25-20(21-11-15-6-7-18-19(10-15)27-9-8-26-18)22-12-16-13-23-24(14-16)17-4-2-1-3-5-17/h1-7,10,13-14H,8-9,11-12H2,(H2,21,22,25). The van der Waals surface area contributed by atoms with E-state index in [1.165, 1.54) is 0 Å². The molecule has 2 heterocycles. The summed E-state index contributed by atoms with van der Waals surface area (Å²) in [6.07, 6.45) is 3.64. The summed E-state index contributed by atoms with van der Waals surface area (Å²) in [7, 11) is 0. The molecule has 0 fully saturated rings. The molecule has 4 rings (SSSR count). The summed E-state index contributed by atoms with van der Waals surface area (Å²) in [5, 5.41) is 10.00. The van der Waals surface area contributed by atoms with Gasteiger partial charge in [-0.05, 0) is 29.8 Å². The van der Waals surface area contributed by atoms with Crippen LogP contribution in [0.5, 0.6) is 11.5 Å². The van der Waals surface area contributed by atoms with Crippen LogP contribution in [0.15, 0.2) is 60.9 Å². The van der Waals surface area contributed by atoms with Gasteiger partial charge in [-0.1, -0.05) is 24.3 Å². The maximum atomic E-state index is 12.0. The van der Waals surface area contributed by atoms with Crippen LogP contribution < -0.4 is 20.1 Å². The van der Waals surface area contributed by atoms with Gasteiger partial charge in [0.15, 0.2) is 11.5 Å². The maximum absolute atomic E-state index is 12.0. The van der Waals surface area contributed by atoms with Gasteiger partial charge in [-0.2, -0.15) is 5.10 Å². The number of amides is 2. The van der Waals surface area contributed by atoms with E-state index in [4.69, 9.17) is 9.47 Å². The second-order valence-corrected chi connectivity index (χ2v) is 6.14. The SMILES string of the molecule is O=C(NCc1ccc2c(c1)OCCO2)NCc1cnn(-c2ccccc2)c1. The highest BCUT2D eigenvalue weighted by molar-refractivity contribution is 5.73. The van der Waals surface area contributed by atoms with E-state index in [0.29, 0.717) is 32.1 Å². The van der Waals surface area contributed by atoms with Crippen LogP contribution in [0.1, 0.15) is 11.1 Å². The molecule has 7 nitrogen and oxygen atoms in total. The lowest BCUT2D eigenvalue weighted by molar-refractivity contribution is 0.171. The van der Waals surface area contributed by atoms with Gasteiger partial charge < -0.3 is 20.1 Å². The minimum Gasteiger partial charge on any atom is -0.486 e. The molecule has 0 atom stereocenters. The van der Waals surface area contributed by atoms with Gasteiger partial charge in [-0.3, -0.25) is 0 Å². The molecule has 1 aliphatic rings. The number of benzene rings is 2. The molecule has 0 bridgehead atoms. The van der Waals surface area contributed by atoms with Crippen molar-refractivity contribution >= 4 is 6.03 Å². The molecule has 0 aliphatic carbocycles. The van der Waals surface area contributed by atoms with Crippen molar-refractivity contribution in [1.82, 2.24) is 20.4 Å². The maximum Gasteiger partial charge on any atom is 0.315 e. The molecular weight excluding hydrogens is 344 g/mol. The topological polar surface area (TPSA) is 77.4 Å². The van der Waals surface area contributed by atoms with E-state index in [-0.39, 0.29) is 6.03 Å². The summed E-state index contributed by atoms with van der Waals surface area (Å²) in [6.45, 7) is 1.92. The average molecular weight is 364 g/mol. The molecule has 2 aromatic carbocycles. The lowest BCUT2D eigenvalue weighted by Gasteiger charge is -2.19. The molecule has 2 amide bonds. The first-order chi connectivity index (χ1) is 13.3. The molecule has 1 aliphatic heterocycles. The van der Waals surface area contributed by atoms with Crippen molar-refractivity contribution in [3.05, 3.63) is 72.1 Å². The third-order valence-electron chi connectivity index (χ3n) is 4.17. The Morgan fingerprint density at radius 2 is 1.70 bits per heavy atom. The van der Waals surface area contributed by atoms with Gasteiger partial charge in [-0.15, -0.1) is 0 Å². The van der Waals surface area contributed by atoms with Crippen molar-refractivity contribution in [2.45, 2.75) is 13.1 Å². The van der Waals surface area contributed by atoms with E-state index in [2.05, 4.69) is 15.7 Å². The third-order valence-corrected chi connectivity index (χ3v) is 4.17. The summed E-state index contributed by atoms with van der Waals surface area (Å²) >= 11 is 0. The quantitative estimate of drug-likeness (QED) is 0.730. The first kappa shape index (κ1) is 17.0. The largest absolute Gasteiger partial charge is 0.486 e. The molecule has 0 spiro atoms. The van der Waals surface area contributed by atoms with E-state index < -0.39 is 0 Å². The van der Waals surface area contributed by atoms with E-state index >= 15 is 0 Å². The van der Waals surface area contributed by atoms with Crippen molar-refractivity contribution in [3.8, 4) is 17.2 Å². The van der Waals surface area contributed by atoms with Gasteiger partial charge in [0.25, 0.3) is 0 Å². The Morgan fingerprint density at radius 3 is 2.52 bits per heavy atom. The molecule has 0 saturated carbocycles. The second kappa shape index (κ2) is 7.82. The first-order valence-corrected chi connectivity index (χ1v) is 8.77. The molecule has 2 N–H and O–H groups in total. The van der Waals surface area contributed by atoms with E-state index in [1.807, 2.05) is 54.7 Å². The van der Waals surface area contributed by atoms with Crippen molar-refractivity contribution in [1.29, 1.82) is 0 Å². The number of carbonyl (C=O) groups excluding carboxylic acids is 1. The fourth-order valence-electron chi connectivity index (χ4n) is 2.80. The smallest absolute Gasteiger partial charge is 0.315 e. The molecule has 0 unspecified atom stereocenters. The fraction of sp³-hybridized carbons (Fsp3) is 0.200. The zero-order valence-corrected chi connectivity index (χ0v) is 14.7. The van der Waals surface area contributed by atoms with Gasteiger partial charge >= 0.3 is 6.03 Å². The number of nitrogens with zero attached hydrogens (tertiary/aromatic N) is 2. The van der Waals surface area contributed by atoms with Gasteiger partial charge in [0, 0.05) is 24.8 Å². The molecule has 27 heavy (non-hydrogen) atoms. The summed E-state index contributed by atoms with van der Waals surface area (Å²) in [6, 6.07) is 15.3. The fourth-order valence-corrected chi connectivity index (χ4v) is 2.80. The minimum atomic E-state index is -0.239. The predicted octanol–water partition coefficient (Wildman–Crippen LogP) is 2.64. The highest BCUT2D eigenvalue weighted by Crippen LogP contribution is 2.30. The molecule has 0 radical (unpaired) electrons. The van der Waals surface area contributed by atoms with Gasteiger partial charge in [0.2, 0.25) is 0 Å². The van der Waals surface area contributed by atoms with Gasteiger partial charge in [0.1, 0.15) is 13.2 Å². The number of hydrogen-bond donors (Lipinski definition) is 2. The van der Waals surface area contributed by atoms with Crippen LogP contribution in [0.4, 0.5) is 4.79 Å². The van der Waals surface area contributed by atoms with E-state index in [0.717, 1.165) is 22.6 Å². The Bertz CT molecular complexity index is 924. The summed E-state index contributed by atoms with van der Waals surface area (Å²) in [4.78, 5) is 12.0. The normalized spacial score (nSPS) is 12.4. The summed E-state index contributed by atoms with van der Waals surface area (Å²) in [5.74, 6) is 1.46. The van der Waals surface area contributed by atoms with E-state index in [9.17, 15) is 4.79 Å². The zero-order valence-electron chi connectivity index (χ0n) is 14.7. The monoisotopic (exact) mass is 364 g/mol. The highest BCUT2D eigenvalue weighted by Gasteiger charge is 2.12. The Hall–Kier alpha value is -3.48. The van der Waals surface area contributed by atoms with Crippen molar-refractivity contribution in [2.75, 3.05) is 13.2 Å². The van der Waals surface area contributed by atoms with Gasteiger partial charge in [-0.25, -0.2) is 9.48 Å². The second-order valence-electron chi connectivity index (χ2n) is 6.14. The van der Waals surface area contributed by atoms with E-state index in [1.54, 1.807) is 10.9 Å². The third kappa shape index (κ3) is 4.20. The number of rotatable bonds is 5. The van der Waals surface area contributed by atoms with Crippen LogP contribution in [0, 0.1) is 0 Å². The molecular formula is C20H20N4O3. The molecule has 138 valence electrons. The Labute approximate surface area is 156 Å². The number of carbonyl (C=O) groups is 1. The Kier molecular flexibility index (Phi) is 4.91. The average Bonchev–Trinajstić information content (AvgIpc) is 3.20. The van der Waals surface area contributed by atoms with Crippen LogP contribution in [-0.4, -0.2) is 29.0 Å². The first-order valence-electron chi connectivity index (χ1n) is 8.77. The lowest BCUT2D eigenvalue weighted by Crippen LogP contribution is -2.34. The number of fused-ring (bicyclic) bond motifs is 1. The van der Waals surface area contributed by atoms with Crippen molar-refractivity contribution in [2.24, 2.45) is 0 Å². The van der Waals surface area contributed by atoms with Gasteiger partial charge in [0.05, 0.1) is 11.9 Å². The van der Waals surface area contributed by atoms with Crippen LogP contribution in [0.2, 0.25) is 0 Å². The van der Waals surface area contributed by atoms with Crippen LogP contribution in [-0.2, 0) is 13.1 Å². The van der Waals surface area contributed by atoms with Crippen LogP contribution in [0.3, 0.4) is 0 Å².